The Morgan fingerprint density at radius 3 is 2.67 bits per heavy atom. The minimum absolute atomic E-state index is 0.0501. The molecule has 0 bridgehead atoms. The standard InChI is InChI=1S/C18H23F3N2O4/c1-11(2)27-14-6-5-12(15(8-14)18(19,20)21)9-22-17(26)23-7-3-4-13(10-23)16(24)25/h5-6,8,11,13H,3-4,7,9-10H2,1-2H3,(H,22,26)(H,24,25). The van der Waals surface area contributed by atoms with E-state index in [0.29, 0.717) is 19.4 Å². The molecule has 1 saturated heterocycles. The van der Waals surface area contributed by atoms with Gasteiger partial charge in [-0.1, -0.05) is 6.07 Å². The smallest absolute Gasteiger partial charge is 0.416 e. The van der Waals surface area contributed by atoms with Gasteiger partial charge in [0.1, 0.15) is 5.75 Å². The number of likely N-dealkylation sites (tertiary alicyclic amines) is 1. The second-order valence-corrected chi connectivity index (χ2v) is 6.77. The van der Waals surface area contributed by atoms with Crippen molar-refractivity contribution in [3.05, 3.63) is 29.3 Å². The third-order valence-corrected chi connectivity index (χ3v) is 4.25. The topological polar surface area (TPSA) is 78.9 Å². The molecule has 6 nitrogen and oxygen atoms in total. The summed E-state index contributed by atoms with van der Waals surface area (Å²) in [5.74, 6) is -1.52. The van der Waals surface area contributed by atoms with Crippen molar-refractivity contribution in [3.63, 3.8) is 0 Å². The highest BCUT2D eigenvalue weighted by Gasteiger charge is 2.34. The summed E-state index contributed by atoms with van der Waals surface area (Å²) >= 11 is 0. The fourth-order valence-electron chi connectivity index (χ4n) is 2.96. The number of nitrogens with one attached hydrogen (secondary N) is 1. The van der Waals surface area contributed by atoms with Gasteiger partial charge in [-0.05, 0) is 44.4 Å². The van der Waals surface area contributed by atoms with E-state index in [1.165, 1.54) is 17.0 Å². The van der Waals surface area contributed by atoms with E-state index in [1.807, 2.05) is 0 Å². The van der Waals surface area contributed by atoms with Gasteiger partial charge in [0.05, 0.1) is 17.6 Å². The maximum Gasteiger partial charge on any atom is 0.416 e. The van der Waals surface area contributed by atoms with Crippen LogP contribution in [0.3, 0.4) is 0 Å². The van der Waals surface area contributed by atoms with Crippen LogP contribution in [0.5, 0.6) is 5.75 Å². The Bertz CT molecular complexity index is 692. The van der Waals surface area contributed by atoms with Crippen LogP contribution in [0.2, 0.25) is 0 Å². The number of alkyl halides is 3. The molecule has 2 rings (SSSR count). The maximum absolute atomic E-state index is 13.3. The number of hydrogen-bond donors (Lipinski definition) is 2. The first-order valence-electron chi connectivity index (χ1n) is 8.70. The normalized spacial score (nSPS) is 17.7. The van der Waals surface area contributed by atoms with E-state index >= 15 is 0 Å². The Hall–Kier alpha value is -2.45. The molecule has 0 aromatic heterocycles. The highest BCUT2D eigenvalue weighted by Crippen LogP contribution is 2.34. The summed E-state index contributed by atoms with van der Waals surface area (Å²) in [6.07, 6.45) is -3.83. The first-order valence-corrected chi connectivity index (χ1v) is 8.70. The van der Waals surface area contributed by atoms with Gasteiger partial charge in [-0.3, -0.25) is 4.79 Å². The van der Waals surface area contributed by atoms with Crippen molar-refractivity contribution < 1.29 is 32.6 Å². The summed E-state index contributed by atoms with van der Waals surface area (Å²) in [7, 11) is 0. The Morgan fingerprint density at radius 1 is 1.37 bits per heavy atom. The third-order valence-electron chi connectivity index (χ3n) is 4.25. The Balaban J connectivity index is 2.08. The molecule has 2 amide bonds. The molecule has 1 unspecified atom stereocenters. The second kappa shape index (κ2) is 8.49. The first kappa shape index (κ1) is 20.9. The summed E-state index contributed by atoms with van der Waals surface area (Å²) in [6.45, 7) is 3.54. The van der Waals surface area contributed by atoms with Gasteiger partial charge in [0.25, 0.3) is 0 Å². The molecule has 1 aliphatic rings. The van der Waals surface area contributed by atoms with Crippen LogP contribution >= 0.6 is 0 Å². The minimum Gasteiger partial charge on any atom is -0.491 e. The lowest BCUT2D eigenvalue weighted by atomic mass is 9.99. The summed E-state index contributed by atoms with van der Waals surface area (Å²) in [5.41, 5.74) is -0.957. The number of carbonyl (C=O) groups is 2. The SMILES string of the molecule is CC(C)Oc1ccc(CNC(=O)N2CCCC(C(=O)O)C2)c(C(F)(F)F)c1. The van der Waals surface area contributed by atoms with Crippen molar-refractivity contribution in [2.75, 3.05) is 13.1 Å². The van der Waals surface area contributed by atoms with Gasteiger partial charge < -0.3 is 20.1 Å². The van der Waals surface area contributed by atoms with Crippen LogP contribution in [0.15, 0.2) is 18.2 Å². The van der Waals surface area contributed by atoms with Gasteiger partial charge in [0.2, 0.25) is 0 Å². The average molecular weight is 388 g/mol. The number of carboxylic acid groups (broad SMARTS) is 1. The van der Waals surface area contributed by atoms with Crippen molar-refractivity contribution in [1.29, 1.82) is 0 Å². The second-order valence-electron chi connectivity index (χ2n) is 6.77. The fourth-order valence-corrected chi connectivity index (χ4v) is 2.96. The molecule has 1 aliphatic heterocycles. The molecule has 0 spiro atoms. The summed E-state index contributed by atoms with van der Waals surface area (Å²) < 4.78 is 45.3. The number of halogens is 3. The lowest BCUT2D eigenvalue weighted by Gasteiger charge is -2.30. The predicted molar refractivity (Wildman–Crippen MR) is 91.4 cm³/mol. The molecule has 1 atom stereocenters. The molecular weight excluding hydrogens is 365 g/mol. The quantitative estimate of drug-likeness (QED) is 0.809. The molecule has 0 saturated carbocycles. The number of hydrogen-bond acceptors (Lipinski definition) is 3. The number of carboxylic acids is 1. The van der Waals surface area contributed by atoms with Crippen molar-refractivity contribution in [3.8, 4) is 5.75 Å². The van der Waals surface area contributed by atoms with Crippen molar-refractivity contribution in [2.45, 2.75) is 45.5 Å². The van der Waals surface area contributed by atoms with E-state index < -0.39 is 29.7 Å². The molecular formula is C18H23F3N2O4. The molecule has 9 heteroatoms. The van der Waals surface area contributed by atoms with Gasteiger partial charge in [0.15, 0.2) is 0 Å². The molecule has 27 heavy (non-hydrogen) atoms. The Labute approximate surface area is 155 Å². The van der Waals surface area contributed by atoms with Crippen LogP contribution in [-0.4, -0.2) is 41.2 Å². The van der Waals surface area contributed by atoms with E-state index in [1.54, 1.807) is 13.8 Å². The Kier molecular flexibility index (Phi) is 6.56. The molecule has 150 valence electrons. The van der Waals surface area contributed by atoms with Gasteiger partial charge in [-0.25, -0.2) is 4.79 Å². The van der Waals surface area contributed by atoms with Crippen LogP contribution in [-0.2, 0) is 17.5 Å². The number of urea groups is 1. The zero-order valence-electron chi connectivity index (χ0n) is 15.2. The summed E-state index contributed by atoms with van der Waals surface area (Å²) in [6, 6.07) is 3.05. The third kappa shape index (κ3) is 5.77. The molecule has 1 aromatic rings. The number of piperidine rings is 1. The first-order chi connectivity index (χ1) is 12.6. The van der Waals surface area contributed by atoms with E-state index in [2.05, 4.69) is 5.32 Å². The molecule has 2 N–H and O–H groups in total. The van der Waals surface area contributed by atoms with E-state index in [4.69, 9.17) is 9.84 Å². The maximum atomic E-state index is 13.3. The number of carbonyl (C=O) groups excluding carboxylic acids is 1. The van der Waals surface area contributed by atoms with E-state index in [-0.39, 0.29) is 30.5 Å². The molecule has 1 aromatic carbocycles. The highest BCUT2D eigenvalue weighted by molar-refractivity contribution is 5.76. The summed E-state index contributed by atoms with van der Waals surface area (Å²) in [4.78, 5) is 24.6. The average Bonchev–Trinajstić information content (AvgIpc) is 2.59. The van der Waals surface area contributed by atoms with Gasteiger partial charge in [-0.2, -0.15) is 13.2 Å². The highest BCUT2D eigenvalue weighted by atomic mass is 19.4. The summed E-state index contributed by atoms with van der Waals surface area (Å²) in [5, 5.41) is 11.5. The fraction of sp³-hybridized carbons (Fsp3) is 0.556. The van der Waals surface area contributed by atoms with Crippen LogP contribution in [0.4, 0.5) is 18.0 Å². The van der Waals surface area contributed by atoms with Crippen LogP contribution < -0.4 is 10.1 Å². The lowest BCUT2D eigenvalue weighted by molar-refractivity contribution is -0.143. The number of ether oxygens (including phenoxy) is 1. The Morgan fingerprint density at radius 2 is 2.07 bits per heavy atom. The molecule has 0 aliphatic carbocycles. The van der Waals surface area contributed by atoms with Gasteiger partial charge in [0, 0.05) is 19.6 Å². The van der Waals surface area contributed by atoms with E-state index in [9.17, 15) is 22.8 Å². The predicted octanol–water partition coefficient (Wildman–Crippen LogP) is 3.50. The van der Waals surface area contributed by atoms with Crippen LogP contribution in [0, 0.1) is 5.92 Å². The van der Waals surface area contributed by atoms with Gasteiger partial charge >= 0.3 is 18.2 Å². The number of nitrogens with zero attached hydrogens (tertiary/aromatic N) is 1. The number of aliphatic carboxylic acids is 1. The minimum atomic E-state index is -4.59. The van der Waals surface area contributed by atoms with Crippen molar-refractivity contribution in [2.24, 2.45) is 5.92 Å². The largest absolute Gasteiger partial charge is 0.491 e. The number of amides is 2. The van der Waals surface area contributed by atoms with Crippen LogP contribution in [0.25, 0.3) is 0 Å². The zero-order valence-corrected chi connectivity index (χ0v) is 15.2. The van der Waals surface area contributed by atoms with E-state index in [0.717, 1.165) is 6.07 Å². The number of benzene rings is 1. The van der Waals surface area contributed by atoms with Crippen molar-refractivity contribution in [1.82, 2.24) is 10.2 Å². The lowest BCUT2D eigenvalue weighted by Crippen LogP contribution is -2.46. The monoisotopic (exact) mass is 388 g/mol. The molecule has 1 heterocycles. The molecule has 0 radical (unpaired) electrons. The molecule has 1 fully saturated rings. The van der Waals surface area contributed by atoms with Crippen molar-refractivity contribution >= 4 is 12.0 Å². The zero-order chi connectivity index (χ0) is 20.2. The van der Waals surface area contributed by atoms with Gasteiger partial charge in [-0.15, -0.1) is 0 Å². The van der Waals surface area contributed by atoms with Crippen LogP contribution in [0.1, 0.15) is 37.8 Å². The number of rotatable bonds is 5.